The van der Waals surface area contributed by atoms with E-state index in [-0.39, 0.29) is 6.29 Å². The van der Waals surface area contributed by atoms with Crippen LogP contribution in [0.5, 0.6) is 0 Å². The summed E-state index contributed by atoms with van der Waals surface area (Å²) < 4.78 is 11.5. The van der Waals surface area contributed by atoms with Crippen molar-refractivity contribution in [2.75, 3.05) is 14.2 Å². The molecule has 1 N–H and O–H groups in total. The van der Waals surface area contributed by atoms with Gasteiger partial charge in [-0.1, -0.05) is 24.8 Å². The van der Waals surface area contributed by atoms with Gasteiger partial charge < -0.3 is 14.6 Å². The Labute approximate surface area is 118 Å². The first-order chi connectivity index (χ1) is 8.03. The molecule has 0 radical (unpaired) electrons. The Kier molecular flexibility index (Phi) is 6.40. The number of ether oxygens (including phenoxy) is 2. The highest BCUT2D eigenvalue weighted by molar-refractivity contribution is 14.1. The fourth-order valence-electron chi connectivity index (χ4n) is 2.36. The summed E-state index contributed by atoms with van der Waals surface area (Å²) in [6.07, 6.45) is 5.74. The van der Waals surface area contributed by atoms with Crippen LogP contribution in [0.3, 0.4) is 0 Å². The third-order valence-corrected chi connectivity index (χ3v) is 5.39. The topological polar surface area (TPSA) is 38.7 Å². The van der Waals surface area contributed by atoms with Crippen molar-refractivity contribution >= 4 is 22.6 Å². The highest BCUT2D eigenvalue weighted by Gasteiger charge is 2.33. The Morgan fingerprint density at radius 1 is 1.24 bits per heavy atom. The average Bonchev–Trinajstić information content (AvgIpc) is 2.35. The molecule has 1 aliphatic carbocycles. The minimum Gasteiger partial charge on any atom is -0.385 e. The minimum atomic E-state index is -0.602. The maximum Gasteiger partial charge on any atom is 0.160 e. The van der Waals surface area contributed by atoms with Crippen LogP contribution in [0.2, 0.25) is 0 Å². The number of aliphatic hydroxyl groups is 1. The highest BCUT2D eigenvalue weighted by Crippen LogP contribution is 2.39. The quantitative estimate of drug-likeness (QED) is 0.608. The molecule has 100 valence electrons. The van der Waals surface area contributed by atoms with E-state index in [9.17, 15) is 5.11 Å². The first-order valence-corrected chi connectivity index (χ1v) is 7.25. The number of hydrogen-bond acceptors (Lipinski definition) is 3. The number of methoxy groups -OCH3 is 2. The maximum absolute atomic E-state index is 10.6. The average molecular weight is 354 g/mol. The number of hydrogen-bond donors (Lipinski definition) is 1. The van der Waals surface area contributed by atoms with E-state index < -0.39 is 5.60 Å². The number of rotatable bonds is 5. The van der Waals surface area contributed by atoms with Crippen LogP contribution in [0.15, 0.2) is 9.15 Å². The molecule has 0 unspecified atom stereocenters. The van der Waals surface area contributed by atoms with Crippen molar-refractivity contribution in [3.63, 3.8) is 0 Å². The smallest absolute Gasteiger partial charge is 0.160 e. The molecular formula is C13H23IO3. The second-order valence-corrected chi connectivity index (χ2v) is 5.87. The summed E-state index contributed by atoms with van der Waals surface area (Å²) in [5.41, 5.74) is 0.568. The SMILES string of the molecule is COC(C/C(C)=C(/I)C1(O)CCCCC1)OC. The van der Waals surface area contributed by atoms with Gasteiger partial charge in [0.05, 0.1) is 5.60 Å². The Balaban J connectivity index is 2.72. The summed E-state index contributed by atoms with van der Waals surface area (Å²) >= 11 is 2.29. The number of halogens is 1. The third kappa shape index (κ3) is 4.19. The van der Waals surface area contributed by atoms with Crippen LogP contribution in [-0.4, -0.2) is 31.2 Å². The molecule has 1 fully saturated rings. The van der Waals surface area contributed by atoms with Gasteiger partial charge in [-0.05, 0) is 42.4 Å². The molecule has 1 saturated carbocycles. The molecule has 0 atom stereocenters. The van der Waals surface area contributed by atoms with Gasteiger partial charge in [-0.15, -0.1) is 0 Å². The lowest BCUT2D eigenvalue weighted by molar-refractivity contribution is -0.100. The van der Waals surface area contributed by atoms with Crippen molar-refractivity contribution in [3.05, 3.63) is 9.15 Å². The molecule has 0 saturated heterocycles. The van der Waals surface area contributed by atoms with Gasteiger partial charge in [-0.25, -0.2) is 0 Å². The molecule has 0 aromatic rings. The molecule has 0 aromatic carbocycles. The Bertz CT molecular complexity index is 266. The molecule has 0 heterocycles. The molecule has 0 aliphatic heterocycles. The van der Waals surface area contributed by atoms with E-state index in [1.165, 1.54) is 12.0 Å². The van der Waals surface area contributed by atoms with Gasteiger partial charge in [0.15, 0.2) is 6.29 Å². The van der Waals surface area contributed by atoms with Gasteiger partial charge in [0.25, 0.3) is 0 Å². The van der Waals surface area contributed by atoms with Crippen molar-refractivity contribution < 1.29 is 14.6 Å². The highest BCUT2D eigenvalue weighted by atomic mass is 127. The lowest BCUT2D eigenvalue weighted by Crippen LogP contribution is -2.32. The third-order valence-electron chi connectivity index (χ3n) is 3.46. The van der Waals surface area contributed by atoms with Crippen molar-refractivity contribution in [2.24, 2.45) is 0 Å². The Morgan fingerprint density at radius 2 is 1.76 bits per heavy atom. The fourth-order valence-corrected chi connectivity index (χ4v) is 3.12. The lowest BCUT2D eigenvalue weighted by atomic mass is 9.83. The van der Waals surface area contributed by atoms with Gasteiger partial charge in [-0.3, -0.25) is 0 Å². The lowest BCUT2D eigenvalue weighted by Gasteiger charge is -2.33. The van der Waals surface area contributed by atoms with Crippen LogP contribution in [0, 0.1) is 0 Å². The predicted octanol–water partition coefficient (Wildman–Crippen LogP) is 3.40. The molecular weight excluding hydrogens is 331 g/mol. The van der Waals surface area contributed by atoms with Crippen molar-refractivity contribution in [3.8, 4) is 0 Å². The monoisotopic (exact) mass is 354 g/mol. The summed E-state index contributed by atoms with van der Waals surface area (Å²) in [6.45, 7) is 2.05. The summed E-state index contributed by atoms with van der Waals surface area (Å²) in [7, 11) is 3.28. The standard InChI is InChI=1S/C13H23IO3/c1-10(9-11(16-2)17-3)12(14)13(15)7-5-4-6-8-13/h11,15H,4-9H2,1-3H3/b12-10+. The van der Waals surface area contributed by atoms with Crippen LogP contribution in [0.1, 0.15) is 45.4 Å². The van der Waals surface area contributed by atoms with Crippen molar-refractivity contribution in [1.29, 1.82) is 0 Å². The van der Waals surface area contributed by atoms with Gasteiger partial charge in [0.1, 0.15) is 0 Å². The van der Waals surface area contributed by atoms with E-state index in [0.717, 1.165) is 29.3 Å². The van der Waals surface area contributed by atoms with E-state index in [4.69, 9.17) is 9.47 Å². The minimum absolute atomic E-state index is 0.216. The van der Waals surface area contributed by atoms with Crippen molar-refractivity contribution in [1.82, 2.24) is 0 Å². The largest absolute Gasteiger partial charge is 0.385 e. The summed E-state index contributed by atoms with van der Waals surface area (Å²) in [5.74, 6) is 0. The molecule has 3 nitrogen and oxygen atoms in total. The normalized spacial score (nSPS) is 21.5. The van der Waals surface area contributed by atoms with Crippen molar-refractivity contribution in [2.45, 2.75) is 57.3 Å². The van der Waals surface area contributed by atoms with Crippen LogP contribution >= 0.6 is 22.6 Å². The second kappa shape index (κ2) is 7.07. The van der Waals surface area contributed by atoms with E-state index in [2.05, 4.69) is 29.5 Å². The fraction of sp³-hybridized carbons (Fsp3) is 0.846. The zero-order chi connectivity index (χ0) is 12.9. The zero-order valence-corrected chi connectivity index (χ0v) is 13.1. The van der Waals surface area contributed by atoms with Crippen LogP contribution in [0.25, 0.3) is 0 Å². The second-order valence-electron chi connectivity index (χ2n) is 4.79. The van der Waals surface area contributed by atoms with E-state index >= 15 is 0 Å². The summed E-state index contributed by atoms with van der Waals surface area (Å²) in [4.78, 5) is 0. The van der Waals surface area contributed by atoms with Gasteiger partial charge >= 0.3 is 0 Å². The maximum atomic E-state index is 10.6. The summed E-state index contributed by atoms with van der Waals surface area (Å²) in [5, 5.41) is 10.6. The molecule has 17 heavy (non-hydrogen) atoms. The van der Waals surface area contributed by atoms with E-state index in [0.29, 0.717) is 6.42 Å². The van der Waals surface area contributed by atoms with Gasteiger partial charge in [0.2, 0.25) is 0 Å². The molecule has 4 heteroatoms. The predicted molar refractivity (Wildman–Crippen MR) is 77.2 cm³/mol. The van der Waals surface area contributed by atoms with Crippen LogP contribution < -0.4 is 0 Å². The molecule has 0 bridgehead atoms. The zero-order valence-electron chi connectivity index (χ0n) is 11.0. The van der Waals surface area contributed by atoms with E-state index in [1.807, 2.05) is 0 Å². The Morgan fingerprint density at radius 3 is 2.24 bits per heavy atom. The molecule has 1 rings (SSSR count). The first-order valence-electron chi connectivity index (χ1n) is 6.17. The molecule has 1 aliphatic rings. The summed E-state index contributed by atoms with van der Waals surface area (Å²) in [6, 6.07) is 0. The Hall–Kier alpha value is 0.350. The van der Waals surface area contributed by atoms with E-state index in [1.54, 1.807) is 14.2 Å². The van der Waals surface area contributed by atoms with Crippen LogP contribution in [0.4, 0.5) is 0 Å². The molecule has 0 aromatic heterocycles. The molecule has 0 amide bonds. The molecule has 0 spiro atoms. The first kappa shape index (κ1) is 15.4. The van der Waals surface area contributed by atoms with Gasteiger partial charge in [-0.2, -0.15) is 0 Å². The van der Waals surface area contributed by atoms with Gasteiger partial charge in [0, 0.05) is 24.2 Å². The van der Waals surface area contributed by atoms with Crippen LogP contribution in [-0.2, 0) is 9.47 Å².